The van der Waals surface area contributed by atoms with Gasteiger partial charge in [-0.25, -0.2) is 13.9 Å². The average Bonchev–Trinajstić information content (AvgIpc) is 3.33. The van der Waals surface area contributed by atoms with Crippen molar-refractivity contribution in [1.82, 2.24) is 29.2 Å². The number of rotatable bonds is 6. The van der Waals surface area contributed by atoms with Crippen LogP contribution in [-0.2, 0) is 24.1 Å². The Bertz CT molecular complexity index is 1370. The molecule has 0 bridgehead atoms. The molecule has 0 aliphatic heterocycles. The maximum Gasteiger partial charge on any atom is 0.333 e. The van der Waals surface area contributed by atoms with Crippen LogP contribution in [0.2, 0.25) is 0 Å². The number of halogens is 1. The fraction of sp³-hybridized carbons (Fsp3) is 0.333. The number of nitrogens with zero attached hydrogens (tertiary/aromatic N) is 5. The van der Waals surface area contributed by atoms with Gasteiger partial charge in [0.15, 0.2) is 5.03 Å². The van der Waals surface area contributed by atoms with Gasteiger partial charge in [0.05, 0.1) is 11.9 Å². The Balaban J connectivity index is 0.00000432. The van der Waals surface area contributed by atoms with Gasteiger partial charge in [-0.2, -0.15) is 18.6 Å². The van der Waals surface area contributed by atoms with Crippen LogP contribution in [0, 0.1) is 5.82 Å². The van der Waals surface area contributed by atoms with Crippen molar-refractivity contribution in [2.24, 2.45) is 14.1 Å². The average molecular weight is 515 g/mol. The van der Waals surface area contributed by atoms with Gasteiger partial charge >= 0.3 is 6.03 Å². The molecule has 0 saturated carbocycles. The second-order valence-corrected chi connectivity index (χ2v) is 9.85. The summed E-state index contributed by atoms with van der Waals surface area (Å²) in [5, 5.41) is 9.98. The van der Waals surface area contributed by atoms with Crippen LogP contribution in [0.15, 0.2) is 35.6 Å². The molecule has 2 aromatic heterocycles. The summed E-state index contributed by atoms with van der Waals surface area (Å²) in [7, 11) is 1.74. The summed E-state index contributed by atoms with van der Waals surface area (Å²) in [4.78, 5) is 26.2. The fourth-order valence-electron chi connectivity index (χ4n) is 3.33. The number of hydrogen-bond acceptors (Lipinski definition) is 6. The van der Waals surface area contributed by atoms with Crippen LogP contribution in [0.4, 0.5) is 14.9 Å². The van der Waals surface area contributed by atoms with Gasteiger partial charge < -0.3 is 10.2 Å². The predicted molar refractivity (Wildman–Crippen MR) is 129 cm³/mol. The number of sulfonamides is 1. The van der Waals surface area contributed by atoms with Crippen LogP contribution >= 0.6 is 0 Å². The van der Waals surface area contributed by atoms with Crippen molar-refractivity contribution < 1.29 is 22.4 Å². The van der Waals surface area contributed by atoms with Crippen molar-refractivity contribution in [1.29, 1.82) is 0 Å². The monoisotopic (exact) mass is 514 g/mol. The first-order valence-corrected chi connectivity index (χ1v) is 11.7. The van der Waals surface area contributed by atoms with Crippen molar-refractivity contribution in [3.8, 4) is 11.1 Å². The molecule has 0 saturated heterocycles. The Hall–Kier alpha value is -2.74. The predicted octanol–water partition coefficient (Wildman–Crippen LogP) is 1.91. The summed E-state index contributed by atoms with van der Waals surface area (Å²) in [5.74, 6) is -1.14. The van der Waals surface area contributed by atoms with E-state index in [-0.39, 0.29) is 46.9 Å². The van der Waals surface area contributed by atoms with Gasteiger partial charge in [-0.05, 0) is 23.6 Å². The van der Waals surface area contributed by atoms with E-state index in [2.05, 4.69) is 15.5 Å². The summed E-state index contributed by atoms with van der Waals surface area (Å²) >= 11 is 0. The molecule has 0 aliphatic rings. The summed E-state index contributed by atoms with van der Waals surface area (Å²) < 4.78 is 44.5. The van der Waals surface area contributed by atoms with E-state index in [9.17, 15) is 22.4 Å². The summed E-state index contributed by atoms with van der Waals surface area (Å²) in [6.07, 6.45) is 3.16. The number of carbonyl (C=O) groups is 2. The topological polar surface area (TPSA) is 131 Å². The van der Waals surface area contributed by atoms with Gasteiger partial charge in [0.25, 0.3) is 15.9 Å². The third kappa shape index (κ3) is 6.28. The Morgan fingerprint density at radius 3 is 2.34 bits per heavy atom. The van der Waals surface area contributed by atoms with Crippen LogP contribution in [0.5, 0.6) is 0 Å². The Morgan fingerprint density at radius 1 is 1.14 bits per heavy atom. The molecule has 2 N–H and O–H groups in total. The minimum absolute atomic E-state index is 0. The molecule has 1 aromatic carbocycles. The van der Waals surface area contributed by atoms with Crippen LogP contribution in [0.1, 0.15) is 35.8 Å². The Labute approximate surface area is 225 Å². The van der Waals surface area contributed by atoms with Gasteiger partial charge in [-0.15, -0.1) is 0 Å². The molecule has 0 unspecified atom stereocenters. The molecule has 11 nitrogen and oxygen atoms in total. The first-order chi connectivity index (χ1) is 15.8. The van der Waals surface area contributed by atoms with Crippen molar-refractivity contribution in [2.45, 2.75) is 24.8 Å². The second kappa shape index (κ2) is 10.9. The largest absolute Gasteiger partial charge is 0.343 e. The molecule has 1 radical (unpaired) electrons. The maximum absolute atomic E-state index is 14.4. The van der Waals surface area contributed by atoms with E-state index in [1.807, 2.05) is 18.6 Å². The van der Waals surface area contributed by atoms with Crippen molar-refractivity contribution >= 4 is 57.2 Å². The van der Waals surface area contributed by atoms with E-state index in [0.717, 1.165) is 10.7 Å². The van der Waals surface area contributed by atoms with Crippen LogP contribution in [0.3, 0.4) is 0 Å². The molecule has 183 valence electrons. The number of benzene rings is 1. The normalized spacial score (nSPS) is 11.2. The number of hydrogen-bond donors (Lipinski definition) is 2. The fourth-order valence-corrected chi connectivity index (χ4v) is 4.22. The standard InChI is InChI=1S/C21H26FN7O4S.Na/c1-12(2)15-7-14(22)8-16(13-10-23-28(5)11-13)19(15)24-21(31)26-34(32,33)18-9-17(29(6)25-18)20(30)27(3)4;/h7-12H,1-6H3,(H2,24,26,31);. The van der Waals surface area contributed by atoms with E-state index in [0.29, 0.717) is 16.7 Å². The number of anilines is 1. The molecule has 0 spiro atoms. The van der Waals surface area contributed by atoms with E-state index in [4.69, 9.17) is 0 Å². The molecular formula is C21H26FN7NaO4S. The minimum atomic E-state index is -4.41. The molecule has 0 atom stereocenters. The quantitative estimate of drug-likeness (QED) is 0.483. The Morgan fingerprint density at radius 2 is 1.80 bits per heavy atom. The maximum atomic E-state index is 14.4. The smallest absolute Gasteiger partial charge is 0.333 e. The first kappa shape index (κ1) is 28.5. The molecule has 3 rings (SSSR count). The Kier molecular flexibility index (Phi) is 8.87. The van der Waals surface area contributed by atoms with E-state index >= 15 is 0 Å². The molecular weight excluding hydrogens is 488 g/mol. The van der Waals surface area contributed by atoms with Gasteiger partial charge in [0.2, 0.25) is 0 Å². The minimum Gasteiger partial charge on any atom is -0.343 e. The van der Waals surface area contributed by atoms with E-state index in [1.165, 1.54) is 49.1 Å². The first-order valence-electron chi connectivity index (χ1n) is 10.2. The molecule has 3 aromatic rings. The van der Waals surface area contributed by atoms with Gasteiger partial charge in [0, 0.05) is 81.1 Å². The number of carbonyl (C=O) groups excluding carboxylic acids is 2. The summed E-state index contributed by atoms with van der Waals surface area (Å²) in [5.41, 5.74) is 1.65. The number of urea groups is 1. The third-order valence-corrected chi connectivity index (χ3v) is 6.20. The number of nitrogens with one attached hydrogen (secondary N) is 2. The van der Waals surface area contributed by atoms with Crippen LogP contribution < -0.4 is 10.0 Å². The zero-order valence-electron chi connectivity index (χ0n) is 20.6. The number of aromatic nitrogens is 4. The molecule has 2 heterocycles. The van der Waals surface area contributed by atoms with Crippen molar-refractivity contribution in [2.75, 3.05) is 19.4 Å². The van der Waals surface area contributed by atoms with Crippen LogP contribution in [0.25, 0.3) is 11.1 Å². The van der Waals surface area contributed by atoms with E-state index in [1.54, 1.807) is 13.2 Å². The molecule has 35 heavy (non-hydrogen) atoms. The summed E-state index contributed by atoms with van der Waals surface area (Å²) in [6.45, 7) is 3.64. The molecule has 0 fully saturated rings. The summed E-state index contributed by atoms with van der Waals surface area (Å²) in [6, 6.07) is 2.54. The second-order valence-electron chi connectivity index (χ2n) is 8.23. The third-order valence-electron chi connectivity index (χ3n) is 5.00. The van der Waals surface area contributed by atoms with Crippen molar-refractivity contribution in [3.63, 3.8) is 0 Å². The zero-order chi connectivity index (χ0) is 25.4. The SMILES string of the molecule is CC(C)c1cc(F)cc(-c2cnn(C)c2)c1NC(=O)NS(=O)(=O)c1cc(C(=O)N(C)C)n(C)n1.[Na]. The van der Waals surface area contributed by atoms with Gasteiger partial charge in [0.1, 0.15) is 11.5 Å². The van der Waals surface area contributed by atoms with Crippen LogP contribution in [-0.4, -0.2) is 88.5 Å². The van der Waals surface area contributed by atoms with Gasteiger partial charge in [-0.3, -0.25) is 14.2 Å². The molecule has 3 amide bonds. The number of aryl methyl sites for hydroxylation is 2. The molecule has 14 heteroatoms. The number of amides is 3. The van der Waals surface area contributed by atoms with Gasteiger partial charge in [-0.1, -0.05) is 13.8 Å². The van der Waals surface area contributed by atoms with Crippen molar-refractivity contribution in [3.05, 3.63) is 47.7 Å². The zero-order valence-corrected chi connectivity index (χ0v) is 23.4. The molecule has 0 aliphatic carbocycles. The van der Waals surface area contributed by atoms with E-state index < -0.39 is 32.8 Å².